The van der Waals surface area contributed by atoms with Gasteiger partial charge in [-0.2, -0.15) is 5.10 Å². The summed E-state index contributed by atoms with van der Waals surface area (Å²) in [7, 11) is 1.53. The highest BCUT2D eigenvalue weighted by Gasteiger charge is 2.09. The maximum Gasteiger partial charge on any atom is 0.214 e. The first kappa shape index (κ1) is 15.2. The van der Waals surface area contributed by atoms with E-state index in [4.69, 9.17) is 40.2 Å². The molecule has 0 saturated heterocycles. The van der Waals surface area contributed by atoms with E-state index in [1.807, 2.05) is 6.92 Å². The molecule has 0 fully saturated rings. The quantitative estimate of drug-likeness (QED) is 0.822. The maximum atomic E-state index is 6.10. The summed E-state index contributed by atoms with van der Waals surface area (Å²) >= 11 is 17.4. The molecule has 0 unspecified atom stereocenters. The van der Waals surface area contributed by atoms with Crippen molar-refractivity contribution in [3.05, 3.63) is 38.3 Å². The van der Waals surface area contributed by atoms with Gasteiger partial charge in [0.05, 0.1) is 23.7 Å². The first-order chi connectivity index (χ1) is 9.56. The van der Waals surface area contributed by atoms with Gasteiger partial charge in [-0.3, -0.25) is 5.10 Å². The van der Waals surface area contributed by atoms with Crippen LogP contribution in [-0.4, -0.2) is 22.0 Å². The van der Waals surface area contributed by atoms with Crippen molar-refractivity contribution in [1.82, 2.24) is 14.9 Å². The van der Waals surface area contributed by atoms with Crippen LogP contribution in [0.15, 0.2) is 12.1 Å². The van der Waals surface area contributed by atoms with E-state index in [9.17, 15) is 0 Å². The zero-order valence-corrected chi connectivity index (χ0v) is 13.4. The molecule has 5 nitrogen and oxygen atoms in total. The molecule has 1 heterocycles. The molecule has 0 radical (unpaired) electrons. The van der Waals surface area contributed by atoms with Gasteiger partial charge in [-0.1, -0.05) is 30.1 Å². The molecule has 0 amide bonds. The van der Waals surface area contributed by atoms with Crippen molar-refractivity contribution in [2.75, 3.05) is 12.5 Å². The van der Waals surface area contributed by atoms with Crippen molar-refractivity contribution >= 4 is 35.4 Å². The number of nitrogens with one attached hydrogen (secondary N) is 2. The standard InChI is InChI=1S/C12H14Cl2N4OS/c1-3-10-16-17-12(20)18(10)15-6-7-4-8(13)11(19-2)9(14)5-7/h4-5,15H,3,6H2,1-2H3,(H,17,20). The molecule has 2 rings (SSSR count). The predicted octanol–water partition coefficient (Wildman–Crippen LogP) is 3.56. The zero-order valence-electron chi connectivity index (χ0n) is 11.0. The van der Waals surface area contributed by atoms with Crippen molar-refractivity contribution in [2.24, 2.45) is 0 Å². The van der Waals surface area contributed by atoms with Crippen LogP contribution in [0.4, 0.5) is 0 Å². The Balaban J connectivity index is 2.19. The van der Waals surface area contributed by atoms with E-state index in [2.05, 4.69) is 15.6 Å². The Morgan fingerprint density at radius 3 is 2.60 bits per heavy atom. The fraction of sp³-hybridized carbons (Fsp3) is 0.333. The lowest BCUT2D eigenvalue weighted by Gasteiger charge is -2.11. The number of ether oxygens (including phenoxy) is 1. The third-order valence-electron chi connectivity index (χ3n) is 2.76. The van der Waals surface area contributed by atoms with Crippen LogP contribution in [0.25, 0.3) is 0 Å². The Bertz CT molecular complexity index is 645. The number of nitrogens with zero attached hydrogens (tertiary/aromatic N) is 2. The minimum atomic E-state index is 0.475. The molecule has 1 aromatic carbocycles. The van der Waals surface area contributed by atoms with Crippen LogP contribution < -0.4 is 10.2 Å². The molecule has 0 aliphatic carbocycles. The topological polar surface area (TPSA) is 54.9 Å². The number of rotatable bonds is 5. The van der Waals surface area contributed by atoms with E-state index in [1.54, 1.807) is 16.8 Å². The smallest absolute Gasteiger partial charge is 0.214 e. The molecule has 0 aliphatic heterocycles. The number of benzene rings is 1. The van der Waals surface area contributed by atoms with Crippen LogP contribution in [-0.2, 0) is 13.0 Å². The van der Waals surface area contributed by atoms with Crippen LogP contribution in [0.1, 0.15) is 18.3 Å². The number of H-pyrrole nitrogens is 1. The number of aryl methyl sites for hydroxylation is 1. The normalized spacial score (nSPS) is 10.6. The summed E-state index contributed by atoms with van der Waals surface area (Å²) in [4.78, 5) is 0. The largest absolute Gasteiger partial charge is 0.494 e. The van der Waals surface area contributed by atoms with E-state index in [0.717, 1.165) is 17.8 Å². The van der Waals surface area contributed by atoms with Crippen LogP contribution in [0.2, 0.25) is 10.0 Å². The van der Waals surface area contributed by atoms with Crippen molar-refractivity contribution < 1.29 is 4.74 Å². The lowest BCUT2D eigenvalue weighted by Crippen LogP contribution is -2.17. The molecule has 108 valence electrons. The van der Waals surface area contributed by atoms with Gasteiger partial charge in [-0.15, -0.1) is 0 Å². The summed E-state index contributed by atoms with van der Waals surface area (Å²) in [6.45, 7) is 2.52. The highest BCUT2D eigenvalue weighted by Crippen LogP contribution is 2.33. The molecule has 20 heavy (non-hydrogen) atoms. The predicted molar refractivity (Wildman–Crippen MR) is 82.9 cm³/mol. The Morgan fingerprint density at radius 2 is 2.05 bits per heavy atom. The Kier molecular flexibility index (Phi) is 4.91. The van der Waals surface area contributed by atoms with Gasteiger partial charge in [-0.05, 0) is 29.9 Å². The lowest BCUT2D eigenvalue weighted by molar-refractivity contribution is 0.415. The van der Waals surface area contributed by atoms with E-state index in [1.165, 1.54) is 7.11 Å². The molecule has 2 N–H and O–H groups in total. The molecule has 0 saturated carbocycles. The Hall–Kier alpha value is -1.24. The Labute approximate surface area is 131 Å². The van der Waals surface area contributed by atoms with Crippen molar-refractivity contribution in [3.63, 3.8) is 0 Å². The summed E-state index contributed by atoms with van der Waals surface area (Å²) in [6, 6.07) is 3.60. The van der Waals surface area contributed by atoms with Crippen LogP contribution in [0.3, 0.4) is 0 Å². The second-order valence-electron chi connectivity index (χ2n) is 4.06. The average molecular weight is 333 g/mol. The van der Waals surface area contributed by atoms with E-state index >= 15 is 0 Å². The number of aromatic nitrogens is 3. The van der Waals surface area contributed by atoms with Gasteiger partial charge in [0.1, 0.15) is 0 Å². The van der Waals surface area contributed by atoms with Crippen molar-refractivity contribution in [3.8, 4) is 5.75 Å². The maximum absolute atomic E-state index is 6.10. The SMILES string of the molecule is CCc1n[nH]c(=S)n1NCc1cc(Cl)c(OC)c(Cl)c1. The molecule has 8 heteroatoms. The first-order valence-electron chi connectivity index (χ1n) is 5.98. The third kappa shape index (κ3) is 3.08. The Morgan fingerprint density at radius 1 is 1.40 bits per heavy atom. The van der Waals surface area contributed by atoms with Gasteiger partial charge in [0, 0.05) is 6.42 Å². The summed E-state index contributed by atoms with van der Waals surface area (Å²) in [5.41, 5.74) is 4.10. The van der Waals surface area contributed by atoms with Crippen LogP contribution >= 0.6 is 35.4 Å². The van der Waals surface area contributed by atoms with Gasteiger partial charge in [0.15, 0.2) is 11.6 Å². The summed E-state index contributed by atoms with van der Waals surface area (Å²) in [6.07, 6.45) is 0.768. The zero-order chi connectivity index (χ0) is 14.7. The fourth-order valence-corrected chi connectivity index (χ4v) is 2.71. The molecular weight excluding hydrogens is 319 g/mol. The molecule has 1 aromatic heterocycles. The monoisotopic (exact) mass is 332 g/mol. The lowest BCUT2D eigenvalue weighted by atomic mass is 10.2. The molecule has 0 spiro atoms. The number of halogens is 2. The third-order valence-corrected chi connectivity index (χ3v) is 3.60. The first-order valence-corrected chi connectivity index (χ1v) is 7.15. The van der Waals surface area contributed by atoms with Crippen molar-refractivity contribution in [1.29, 1.82) is 0 Å². The van der Waals surface area contributed by atoms with Crippen molar-refractivity contribution in [2.45, 2.75) is 19.9 Å². The minimum Gasteiger partial charge on any atom is -0.494 e. The molecule has 0 bridgehead atoms. The summed E-state index contributed by atoms with van der Waals surface area (Å²) in [5.74, 6) is 1.31. The number of hydrogen-bond acceptors (Lipinski definition) is 4. The number of aromatic amines is 1. The second kappa shape index (κ2) is 6.47. The number of hydrogen-bond donors (Lipinski definition) is 2. The highest BCUT2D eigenvalue weighted by molar-refractivity contribution is 7.71. The molecule has 2 aromatic rings. The van der Waals surface area contributed by atoms with E-state index in [-0.39, 0.29) is 0 Å². The molecular formula is C12H14Cl2N4OS. The summed E-state index contributed by atoms with van der Waals surface area (Å²) in [5, 5.41) is 7.82. The summed E-state index contributed by atoms with van der Waals surface area (Å²) < 4.78 is 7.37. The van der Waals surface area contributed by atoms with Crippen LogP contribution in [0.5, 0.6) is 5.75 Å². The van der Waals surface area contributed by atoms with Gasteiger partial charge in [0.25, 0.3) is 0 Å². The second-order valence-corrected chi connectivity index (χ2v) is 5.26. The van der Waals surface area contributed by atoms with E-state index in [0.29, 0.717) is 27.1 Å². The van der Waals surface area contributed by atoms with Gasteiger partial charge < -0.3 is 10.2 Å². The number of methoxy groups -OCH3 is 1. The van der Waals surface area contributed by atoms with Gasteiger partial charge in [0.2, 0.25) is 4.77 Å². The minimum absolute atomic E-state index is 0.475. The van der Waals surface area contributed by atoms with Gasteiger partial charge in [-0.25, -0.2) is 4.68 Å². The fourth-order valence-electron chi connectivity index (χ4n) is 1.81. The van der Waals surface area contributed by atoms with Crippen LogP contribution in [0, 0.1) is 4.77 Å². The van der Waals surface area contributed by atoms with Gasteiger partial charge >= 0.3 is 0 Å². The van der Waals surface area contributed by atoms with E-state index < -0.39 is 0 Å². The highest BCUT2D eigenvalue weighted by atomic mass is 35.5. The average Bonchev–Trinajstić information content (AvgIpc) is 2.76. The molecule has 0 aliphatic rings. The molecule has 0 atom stereocenters.